The lowest BCUT2D eigenvalue weighted by atomic mass is 10.1. The van der Waals surface area contributed by atoms with E-state index in [1.165, 1.54) is 11.8 Å². The average molecular weight is 270 g/mol. The van der Waals surface area contributed by atoms with Crippen LogP contribution in [0.25, 0.3) is 11.5 Å². The summed E-state index contributed by atoms with van der Waals surface area (Å²) < 4.78 is 5.17. The van der Waals surface area contributed by atoms with Gasteiger partial charge in [0.1, 0.15) is 0 Å². The summed E-state index contributed by atoms with van der Waals surface area (Å²) in [6.45, 7) is 0. The fourth-order valence-electron chi connectivity index (χ4n) is 1.89. The van der Waals surface area contributed by atoms with Crippen molar-refractivity contribution in [2.75, 3.05) is 0 Å². The van der Waals surface area contributed by atoms with Crippen LogP contribution in [0.4, 0.5) is 0 Å². The van der Waals surface area contributed by atoms with Gasteiger partial charge in [-0.15, -0.1) is 0 Å². The molecule has 20 heavy (non-hydrogen) atoms. The van der Waals surface area contributed by atoms with Gasteiger partial charge in [0.15, 0.2) is 5.69 Å². The summed E-state index contributed by atoms with van der Waals surface area (Å²) in [5.74, 6) is 0.808. The first-order valence-electron chi connectivity index (χ1n) is 6.32. The highest BCUT2D eigenvalue weighted by Gasteiger charge is 2.16. The second-order valence-electron chi connectivity index (χ2n) is 4.44. The van der Waals surface area contributed by atoms with E-state index in [1.807, 2.05) is 18.2 Å². The SMILES string of the molecule is NC(CCc1ccccc1)c1nc(-c2cn[nH]n2)no1. The number of hydrogen-bond acceptors (Lipinski definition) is 6. The molecule has 7 heteroatoms. The number of nitrogens with one attached hydrogen (secondary N) is 1. The lowest BCUT2D eigenvalue weighted by Crippen LogP contribution is -2.11. The molecular formula is C13H14N6O. The minimum Gasteiger partial charge on any atom is -0.337 e. The molecular weight excluding hydrogens is 256 g/mol. The fraction of sp³-hybridized carbons (Fsp3) is 0.231. The molecule has 0 saturated heterocycles. The van der Waals surface area contributed by atoms with Crippen LogP contribution in [0.15, 0.2) is 41.1 Å². The minimum atomic E-state index is -0.289. The Morgan fingerprint density at radius 2 is 2.10 bits per heavy atom. The largest absolute Gasteiger partial charge is 0.337 e. The fourth-order valence-corrected chi connectivity index (χ4v) is 1.89. The van der Waals surface area contributed by atoms with Gasteiger partial charge in [-0.25, -0.2) is 0 Å². The summed E-state index contributed by atoms with van der Waals surface area (Å²) >= 11 is 0. The lowest BCUT2D eigenvalue weighted by Gasteiger charge is -2.06. The zero-order valence-electron chi connectivity index (χ0n) is 10.7. The van der Waals surface area contributed by atoms with Crippen molar-refractivity contribution in [2.45, 2.75) is 18.9 Å². The minimum absolute atomic E-state index is 0.289. The summed E-state index contributed by atoms with van der Waals surface area (Å²) in [6, 6.07) is 9.87. The third-order valence-electron chi connectivity index (χ3n) is 2.99. The summed E-state index contributed by atoms with van der Waals surface area (Å²) in [4.78, 5) is 4.24. The normalized spacial score (nSPS) is 12.4. The second kappa shape index (κ2) is 5.62. The predicted molar refractivity (Wildman–Crippen MR) is 71.4 cm³/mol. The molecule has 3 N–H and O–H groups in total. The highest BCUT2D eigenvalue weighted by atomic mass is 16.5. The van der Waals surface area contributed by atoms with Crippen LogP contribution >= 0.6 is 0 Å². The average Bonchev–Trinajstić information content (AvgIpc) is 3.16. The maximum absolute atomic E-state index is 6.07. The number of aryl methyl sites for hydroxylation is 1. The third-order valence-corrected chi connectivity index (χ3v) is 2.99. The first-order valence-corrected chi connectivity index (χ1v) is 6.32. The molecule has 7 nitrogen and oxygen atoms in total. The molecule has 1 aromatic carbocycles. The van der Waals surface area contributed by atoms with Crippen molar-refractivity contribution in [3.8, 4) is 11.5 Å². The van der Waals surface area contributed by atoms with Crippen LogP contribution in [0.1, 0.15) is 23.9 Å². The molecule has 0 aliphatic rings. The van der Waals surface area contributed by atoms with Crippen molar-refractivity contribution >= 4 is 0 Å². The zero-order chi connectivity index (χ0) is 13.8. The van der Waals surface area contributed by atoms with Gasteiger partial charge in [-0.1, -0.05) is 35.5 Å². The van der Waals surface area contributed by atoms with Gasteiger partial charge < -0.3 is 10.3 Å². The quantitative estimate of drug-likeness (QED) is 0.727. The zero-order valence-corrected chi connectivity index (χ0v) is 10.7. The Kier molecular flexibility index (Phi) is 3.51. The second-order valence-corrected chi connectivity index (χ2v) is 4.44. The molecule has 3 rings (SSSR count). The van der Waals surface area contributed by atoms with E-state index >= 15 is 0 Å². The number of aromatic amines is 1. The van der Waals surface area contributed by atoms with E-state index in [0.717, 1.165) is 12.8 Å². The molecule has 0 aliphatic heterocycles. The van der Waals surface area contributed by atoms with Crippen molar-refractivity contribution in [3.63, 3.8) is 0 Å². The van der Waals surface area contributed by atoms with Crippen LogP contribution < -0.4 is 5.73 Å². The van der Waals surface area contributed by atoms with E-state index < -0.39 is 0 Å². The van der Waals surface area contributed by atoms with E-state index in [2.05, 4.69) is 37.7 Å². The van der Waals surface area contributed by atoms with Gasteiger partial charge in [-0.3, -0.25) is 0 Å². The molecule has 1 unspecified atom stereocenters. The Morgan fingerprint density at radius 1 is 1.25 bits per heavy atom. The monoisotopic (exact) mass is 270 g/mol. The third kappa shape index (κ3) is 2.72. The van der Waals surface area contributed by atoms with E-state index in [9.17, 15) is 0 Å². The Bertz CT molecular complexity index is 649. The van der Waals surface area contributed by atoms with Gasteiger partial charge in [-0.05, 0) is 18.4 Å². The molecule has 2 aromatic heterocycles. The predicted octanol–water partition coefficient (Wildman–Crippen LogP) is 1.49. The summed E-state index contributed by atoms with van der Waals surface area (Å²) in [5, 5.41) is 13.9. The van der Waals surface area contributed by atoms with Gasteiger partial charge in [0, 0.05) is 0 Å². The molecule has 0 radical (unpaired) electrons. The number of hydrogen-bond donors (Lipinski definition) is 2. The van der Waals surface area contributed by atoms with E-state index in [0.29, 0.717) is 17.4 Å². The highest BCUT2D eigenvalue weighted by Crippen LogP contribution is 2.18. The van der Waals surface area contributed by atoms with Gasteiger partial charge >= 0.3 is 0 Å². The number of aromatic nitrogens is 5. The smallest absolute Gasteiger partial charge is 0.243 e. The standard InChI is InChI=1S/C13H14N6O/c14-10(7-6-9-4-2-1-3-5-9)13-16-12(18-20-13)11-8-15-19-17-11/h1-5,8,10H,6-7,14H2,(H,15,17,19). The Balaban J connectivity index is 1.64. The van der Waals surface area contributed by atoms with Crippen LogP contribution in [0, 0.1) is 0 Å². The maximum Gasteiger partial charge on any atom is 0.243 e. The number of nitrogens with zero attached hydrogens (tertiary/aromatic N) is 4. The molecule has 2 heterocycles. The molecule has 0 spiro atoms. The van der Waals surface area contributed by atoms with Crippen LogP contribution in [-0.2, 0) is 6.42 Å². The molecule has 0 fully saturated rings. The number of nitrogens with two attached hydrogens (primary N) is 1. The Hall–Kier alpha value is -2.54. The summed E-state index contributed by atoms with van der Waals surface area (Å²) in [7, 11) is 0. The van der Waals surface area contributed by atoms with Crippen molar-refractivity contribution < 1.29 is 4.52 Å². The van der Waals surface area contributed by atoms with Crippen LogP contribution in [0.2, 0.25) is 0 Å². The molecule has 0 saturated carbocycles. The van der Waals surface area contributed by atoms with Crippen molar-refractivity contribution in [1.29, 1.82) is 0 Å². The summed E-state index contributed by atoms with van der Waals surface area (Å²) in [5.41, 5.74) is 7.84. The van der Waals surface area contributed by atoms with Crippen molar-refractivity contribution in [3.05, 3.63) is 48.0 Å². The lowest BCUT2D eigenvalue weighted by molar-refractivity contribution is 0.349. The first-order chi connectivity index (χ1) is 9.83. The van der Waals surface area contributed by atoms with Gasteiger partial charge in [0.2, 0.25) is 11.7 Å². The van der Waals surface area contributed by atoms with Crippen molar-refractivity contribution in [1.82, 2.24) is 25.6 Å². The molecule has 102 valence electrons. The molecule has 1 atom stereocenters. The highest BCUT2D eigenvalue weighted by molar-refractivity contribution is 5.44. The Morgan fingerprint density at radius 3 is 2.85 bits per heavy atom. The first kappa shape index (κ1) is 12.5. The number of benzene rings is 1. The maximum atomic E-state index is 6.07. The molecule has 0 bridgehead atoms. The van der Waals surface area contributed by atoms with Crippen LogP contribution in [-0.4, -0.2) is 25.6 Å². The van der Waals surface area contributed by atoms with Gasteiger partial charge in [-0.2, -0.15) is 20.4 Å². The number of rotatable bonds is 5. The Labute approximate surface area is 115 Å². The van der Waals surface area contributed by atoms with Gasteiger partial charge in [0.05, 0.1) is 12.2 Å². The van der Waals surface area contributed by atoms with Crippen molar-refractivity contribution in [2.24, 2.45) is 5.73 Å². The molecule has 0 aliphatic carbocycles. The van der Waals surface area contributed by atoms with Crippen LogP contribution in [0.3, 0.4) is 0 Å². The molecule has 3 aromatic rings. The van der Waals surface area contributed by atoms with Gasteiger partial charge in [0.25, 0.3) is 0 Å². The van der Waals surface area contributed by atoms with Crippen LogP contribution in [0.5, 0.6) is 0 Å². The van der Waals surface area contributed by atoms with E-state index in [-0.39, 0.29) is 6.04 Å². The molecule has 0 amide bonds. The van der Waals surface area contributed by atoms with E-state index in [4.69, 9.17) is 10.3 Å². The van der Waals surface area contributed by atoms with E-state index in [1.54, 1.807) is 0 Å². The summed E-state index contributed by atoms with van der Waals surface area (Å²) in [6.07, 6.45) is 3.14. The topological polar surface area (TPSA) is 107 Å². The number of H-pyrrole nitrogens is 1.